The van der Waals surface area contributed by atoms with Gasteiger partial charge in [0.25, 0.3) is 5.91 Å². The Labute approximate surface area is 130 Å². The molecular formula is C16H12N2O5. The van der Waals surface area contributed by atoms with Crippen molar-refractivity contribution in [1.29, 1.82) is 0 Å². The number of furan rings is 1. The molecule has 2 aromatic heterocycles. The highest BCUT2D eigenvalue weighted by atomic mass is 16.7. The Morgan fingerprint density at radius 3 is 2.91 bits per heavy atom. The molecule has 7 heteroatoms. The number of aromatic nitrogens is 1. The fraction of sp³-hybridized carbons (Fsp3) is 0.125. The van der Waals surface area contributed by atoms with E-state index in [4.69, 9.17) is 18.4 Å². The van der Waals surface area contributed by atoms with Crippen molar-refractivity contribution in [3.63, 3.8) is 0 Å². The first kappa shape index (κ1) is 13.4. The molecule has 1 aliphatic rings. The molecule has 1 aromatic carbocycles. The number of benzene rings is 1. The minimum absolute atomic E-state index is 0.175. The predicted octanol–water partition coefficient (Wildman–Crippen LogP) is 2.59. The lowest BCUT2D eigenvalue weighted by atomic mass is 10.2. The van der Waals surface area contributed by atoms with E-state index in [1.165, 1.54) is 0 Å². The third-order valence-corrected chi connectivity index (χ3v) is 3.39. The van der Waals surface area contributed by atoms with E-state index in [0.717, 1.165) is 0 Å². The standard InChI is InChI=1S/C16H12N2O5/c19-16(10-3-4-13-14(6-10)22-9-21-13)17-8-11-7-15(23-18-11)12-2-1-5-20-12/h1-7H,8-9H2,(H,17,19). The summed E-state index contributed by atoms with van der Waals surface area (Å²) in [6, 6.07) is 10.3. The molecule has 0 fully saturated rings. The largest absolute Gasteiger partial charge is 0.461 e. The van der Waals surface area contributed by atoms with Crippen molar-refractivity contribution in [2.45, 2.75) is 6.54 Å². The summed E-state index contributed by atoms with van der Waals surface area (Å²) in [5.41, 5.74) is 1.09. The number of nitrogens with zero attached hydrogens (tertiary/aromatic N) is 1. The number of rotatable bonds is 4. The minimum atomic E-state index is -0.231. The van der Waals surface area contributed by atoms with Crippen LogP contribution in [0.5, 0.6) is 11.5 Å². The number of nitrogens with one attached hydrogen (secondary N) is 1. The lowest BCUT2D eigenvalue weighted by molar-refractivity contribution is 0.0949. The van der Waals surface area contributed by atoms with Crippen LogP contribution < -0.4 is 14.8 Å². The molecule has 1 aliphatic heterocycles. The van der Waals surface area contributed by atoms with Crippen LogP contribution in [0.4, 0.5) is 0 Å². The second-order valence-electron chi connectivity index (χ2n) is 4.91. The highest BCUT2D eigenvalue weighted by molar-refractivity contribution is 5.94. The Morgan fingerprint density at radius 1 is 1.13 bits per heavy atom. The van der Waals surface area contributed by atoms with Gasteiger partial charge >= 0.3 is 0 Å². The maximum Gasteiger partial charge on any atom is 0.251 e. The number of amides is 1. The summed E-state index contributed by atoms with van der Waals surface area (Å²) in [6.45, 7) is 0.423. The first-order valence-corrected chi connectivity index (χ1v) is 6.97. The molecule has 0 saturated carbocycles. The van der Waals surface area contributed by atoms with E-state index >= 15 is 0 Å². The maximum absolute atomic E-state index is 12.2. The summed E-state index contributed by atoms with van der Waals surface area (Å²) in [7, 11) is 0. The van der Waals surface area contributed by atoms with Gasteiger partial charge in [-0.2, -0.15) is 0 Å². The molecule has 0 aliphatic carbocycles. The predicted molar refractivity (Wildman–Crippen MR) is 77.9 cm³/mol. The van der Waals surface area contributed by atoms with Crippen LogP contribution in [0.3, 0.4) is 0 Å². The molecular weight excluding hydrogens is 300 g/mol. The van der Waals surface area contributed by atoms with Crippen molar-refractivity contribution in [2.24, 2.45) is 0 Å². The summed E-state index contributed by atoms with van der Waals surface area (Å²) < 4.78 is 20.9. The summed E-state index contributed by atoms with van der Waals surface area (Å²) in [5.74, 6) is 2.08. The lowest BCUT2D eigenvalue weighted by Crippen LogP contribution is -2.22. The Bertz CT molecular complexity index is 838. The van der Waals surface area contributed by atoms with Gasteiger partial charge in [-0.25, -0.2) is 0 Å². The fourth-order valence-electron chi connectivity index (χ4n) is 2.24. The Balaban J connectivity index is 1.42. The summed E-state index contributed by atoms with van der Waals surface area (Å²) >= 11 is 0. The van der Waals surface area contributed by atoms with Crippen LogP contribution in [0.15, 0.2) is 51.6 Å². The molecule has 0 atom stereocenters. The van der Waals surface area contributed by atoms with Gasteiger partial charge in [0.05, 0.1) is 12.8 Å². The fourth-order valence-corrected chi connectivity index (χ4v) is 2.24. The molecule has 3 heterocycles. The molecule has 0 unspecified atom stereocenters. The zero-order valence-corrected chi connectivity index (χ0v) is 11.9. The molecule has 0 spiro atoms. The van der Waals surface area contributed by atoms with E-state index in [-0.39, 0.29) is 19.2 Å². The van der Waals surface area contributed by atoms with Gasteiger partial charge in [0, 0.05) is 11.6 Å². The molecule has 3 aromatic rings. The number of fused-ring (bicyclic) bond motifs is 1. The van der Waals surface area contributed by atoms with Gasteiger partial charge in [-0.3, -0.25) is 4.79 Å². The second-order valence-corrected chi connectivity index (χ2v) is 4.91. The van der Waals surface area contributed by atoms with Crippen molar-refractivity contribution < 1.29 is 23.2 Å². The van der Waals surface area contributed by atoms with E-state index in [2.05, 4.69) is 10.5 Å². The summed E-state index contributed by atoms with van der Waals surface area (Å²) in [6.07, 6.45) is 1.55. The SMILES string of the molecule is O=C(NCc1cc(-c2ccco2)on1)c1ccc2c(c1)OCO2. The Kier molecular flexibility index (Phi) is 3.23. The van der Waals surface area contributed by atoms with E-state index in [1.54, 1.807) is 42.7 Å². The van der Waals surface area contributed by atoms with Gasteiger partial charge in [-0.05, 0) is 30.3 Å². The number of ether oxygens (including phenoxy) is 2. The van der Waals surface area contributed by atoms with Crippen LogP contribution in [-0.2, 0) is 6.54 Å². The number of carbonyl (C=O) groups excluding carboxylic acids is 1. The highest BCUT2D eigenvalue weighted by Crippen LogP contribution is 2.32. The zero-order chi connectivity index (χ0) is 15.6. The van der Waals surface area contributed by atoms with Gasteiger partial charge in [-0.1, -0.05) is 5.16 Å². The second kappa shape index (κ2) is 5.53. The molecule has 23 heavy (non-hydrogen) atoms. The van der Waals surface area contributed by atoms with E-state index in [0.29, 0.717) is 34.3 Å². The Hall–Kier alpha value is -3.22. The number of carbonyl (C=O) groups is 1. The van der Waals surface area contributed by atoms with Crippen molar-refractivity contribution in [3.05, 3.63) is 53.9 Å². The van der Waals surface area contributed by atoms with Crippen LogP contribution in [0.25, 0.3) is 11.5 Å². The van der Waals surface area contributed by atoms with Gasteiger partial charge in [0.1, 0.15) is 5.69 Å². The summed E-state index contributed by atoms with van der Waals surface area (Å²) in [5, 5.41) is 6.68. The van der Waals surface area contributed by atoms with Gasteiger partial charge in [-0.15, -0.1) is 0 Å². The van der Waals surface area contributed by atoms with Crippen LogP contribution in [0.2, 0.25) is 0 Å². The third-order valence-electron chi connectivity index (χ3n) is 3.39. The quantitative estimate of drug-likeness (QED) is 0.797. The normalized spacial score (nSPS) is 12.3. The molecule has 0 saturated heterocycles. The first-order chi connectivity index (χ1) is 11.3. The summed E-state index contributed by atoms with van der Waals surface area (Å²) in [4.78, 5) is 12.2. The average molecular weight is 312 g/mol. The van der Waals surface area contributed by atoms with E-state index in [9.17, 15) is 4.79 Å². The van der Waals surface area contributed by atoms with E-state index in [1.807, 2.05) is 0 Å². The lowest BCUT2D eigenvalue weighted by Gasteiger charge is -2.04. The van der Waals surface area contributed by atoms with Crippen molar-refractivity contribution in [3.8, 4) is 23.0 Å². The van der Waals surface area contributed by atoms with Gasteiger partial charge < -0.3 is 23.7 Å². The van der Waals surface area contributed by atoms with Crippen molar-refractivity contribution >= 4 is 5.91 Å². The molecule has 4 rings (SSSR count). The minimum Gasteiger partial charge on any atom is -0.461 e. The molecule has 1 amide bonds. The highest BCUT2D eigenvalue weighted by Gasteiger charge is 2.16. The smallest absolute Gasteiger partial charge is 0.251 e. The Morgan fingerprint density at radius 2 is 2.04 bits per heavy atom. The van der Waals surface area contributed by atoms with Gasteiger partial charge in [0.15, 0.2) is 17.3 Å². The topological polar surface area (TPSA) is 86.7 Å². The molecule has 116 valence electrons. The van der Waals surface area contributed by atoms with Crippen molar-refractivity contribution in [2.75, 3.05) is 6.79 Å². The van der Waals surface area contributed by atoms with Crippen LogP contribution in [-0.4, -0.2) is 17.9 Å². The number of hydrogen-bond donors (Lipinski definition) is 1. The van der Waals surface area contributed by atoms with Crippen LogP contribution in [0.1, 0.15) is 16.1 Å². The maximum atomic E-state index is 12.2. The monoisotopic (exact) mass is 312 g/mol. The first-order valence-electron chi connectivity index (χ1n) is 6.97. The third kappa shape index (κ3) is 2.64. The van der Waals surface area contributed by atoms with Crippen LogP contribution >= 0.6 is 0 Å². The number of hydrogen-bond acceptors (Lipinski definition) is 6. The zero-order valence-electron chi connectivity index (χ0n) is 11.9. The molecule has 7 nitrogen and oxygen atoms in total. The van der Waals surface area contributed by atoms with Gasteiger partial charge in [0.2, 0.25) is 12.6 Å². The molecule has 0 radical (unpaired) electrons. The average Bonchev–Trinajstić information content (AvgIpc) is 3.32. The van der Waals surface area contributed by atoms with Crippen LogP contribution in [0, 0.1) is 0 Å². The molecule has 1 N–H and O–H groups in total. The molecule has 0 bridgehead atoms. The van der Waals surface area contributed by atoms with Crippen molar-refractivity contribution in [1.82, 2.24) is 10.5 Å². The van der Waals surface area contributed by atoms with E-state index < -0.39 is 0 Å².